The van der Waals surface area contributed by atoms with E-state index in [0.717, 1.165) is 36.9 Å². The van der Waals surface area contributed by atoms with E-state index in [0.29, 0.717) is 6.04 Å². The minimum absolute atomic E-state index is 0.546. The summed E-state index contributed by atoms with van der Waals surface area (Å²) < 4.78 is 2.00. The molecule has 1 N–H and O–H groups in total. The topological polar surface area (TPSA) is 58.4 Å². The molecule has 6 heteroatoms. The summed E-state index contributed by atoms with van der Waals surface area (Å²) in [6, 6.07) is 0.546. The van der Waals surface area contributed by atoms with E-state index in [4.69, 9.17) is 0 Å². The molecule has 2 aromatic heterocycles. The van der Waals surface area contributed by atoms with E-state index in [-0.39, 0.29) is 0 Å². The van der Waals surface area contributed by atoms with Gasteiger partial charge < -0.3 is 10.2 Å². The van der Waals surface area contributed by atoms with E-state index in [1.54, 1.807) is 0 Å². The first-order chi connectivity index (χ1) is 9.29. The van der Waals surface area contributed by atoms with E-state index < -0.39 is 0 Å². The molecule has 1 aliphatic rings. The van der Waals surface area contributed by atoms with E-state index >= 15 is 0 Å². The fourth-order valence-electron chi connectivity index (χ4n) is 2.78. The number of aromatic nitrogens is 4. The zero-order valence-electron chi connectivity index (χ0n) is 11.5. The number of nitrogens with one attached hydrogen (secondary N) is 1. The molecular weight excluding hydrogens is 240 g/mol. The van der Waals surface area contributed by atoms with Gasteiger partial charge in [0.1, 0.15) is 5.82 Å². The van der Waals surface area contributed by atoms with E-state index in [1.165, 1.54) is 12.8 Å². The third-order valence-electron chi connectivity index (χ3n) is 3.69. The Morgan fingerprint density at radius 3 is 3.16 bits per heavy atom. The van der Waals surface area contributed by atoms with Crippen LogP contribution >= 0.6 is 0 Å². The molecule has 0 aliphatic carbocycles. The van der Waals surface area contributed by atoms with Crippen LogP contribution in [0.1, 0.15) is 25.6 Å². The number of rotatable bonds is 3. The highest BCUT2D eigenvalue weighted by atomic mass is 15.3. The average Bonchev–Trinajstić information content (AvgIpc) is 2.81. The van der Waals surface area contributed by atoms with Crippen LogP contribution in [0, 0.1) is 6.92 Å². The molecule has 0 spiro atoms. The Hall–Kier alpha value is -1.69. The van der Waals surface area contributed by atoms with Crippen molar-refractivity contribution in [1.29, 1.82) is 0 Å². The predicted octanol–water partition coefficient (Wildman–Crippen LogP) is 1.01. The van der Waals surface area contributed by atoms with Gasteiger partial charge in [0.15, 0.2) is 5.82 Å². The monoisotopic (exact) mass is 260 g/mol. The summed E-state index contributed by atoms with van der Waals surface area (Å²) in [5.41, 5.74) is 0.858. The van der Waals surface area contributed by atoms with Crippen LogP contribution in [0.4, 0.5) is 5.82 Å². The van der Waals surface area contributed by atoms with Crippen molar-refractivity contribution in [2.75, 3.05) is 24.5 Å². The standard InChI is InChI=1S/C13H20N6/c1-3-14-11-5-4-7-18(9-11)12-13-17-16-10(2)19(13)8-6-15-12/h6,8,11,14H,3-5,7,9H2,1-2H3. The molecule has 0 aromatic carbocycles. The summed E-state index contributed by atoms with van der Waals surface area (Å²) in [4.78, 5) is 6.83. The van der Waals surface area contributed by atoms with Crippen molar-refractivity contribution in [3.05, 3.63) is 18.2 Å². The van der Waals surface area contributed by atoms with Gasteiger partial charge in [-0.05, 0) is 26.3 Å². The van der Waals surface area contributed by atoms with Gasteiger partial charge in [0.2, 0.25) is 5.65 Å². The molecule has 3 rings (SSSR count). The maximum absolute atomic E-state index is 4.51. The molecule has 1 saturated heterocycles. The zero-order valence-corrected chi connectivity index (χ0v) is 11.5. The lowest BCUT2D eigenvalue weighted by molar-refractivity contribution is 0.430. The molecular formula is C13H20N6. The van der Waals surface area contributed by atoms with Crippen molar-refractivity contribution >= 4 is 11.5 Å². The number of anilines is 1. The van der Waals surface area contributed by atoms with Gasteiger partial charge in [-0.15, -0.1) is 10.2 Å². The Labute approximate surface area is 112 Å². The van der Waals surface area contributed by atoms with E-state index in [1.807, 2.05) is 23.7 Å². The third-order valence-corrected chi connectivity index (χ3v) is 3.69. The summed E-state index contributed by atoms with van der Waals surface area (Å²) in [6.45, 7) is 7.16. The number of fused-ring (bicyclic) bond motifs is 1. The Balaban J connectivity index is 1.91. The van der Waals surface area contributed by atoms with Gasteiger partial charge in [0.25, 0.3) is 0 Å². The second kappa shape index (κ2) is 5.13. The molecule has 1 unspecified atom stereocenters. The van der Waals surface area contributed by atoms with Gasteiger partial charge in [-0.3, -0.25) is 4.40 Å². The van der Waals surface area contributed by atoms with Gasteiger partial charge in [0.05, 0.1) is 0 Å². The maximum atomic E-state index is 4.51. The lowest BCUT2D eigenvalue weighted by atomic mass is 10.1. The van der Waals surface area contributed by atoms with Crippen LogP contribution in [-0.4, -0.2) is 45.3 Å². The quantitative estimate of drug-likeness (QED) is 0.892. The maximum Gasteiger partial charge on any atom is 0.203 e. The highest BCUT2D eigenvalue weighted by Crippen LogP contribution is 2.21. The SMILES string of the molecule is CCNC1CCCN(c2nccn3c(C)nnc23)C1. The zero-order chi connectivity index (χ0) is 13.2. The van der Waals surface area contributed by atoms with Crippen molar-refractivity contribution in [2.45, 2.75) is 32.7 Å². The van der Waals surface area contributed by atoms with Gasteiger partial charge >= 0.3 is 0 Å². The largest absolute Gasteiger partial charge is 0.352 e. The number of nitrogens with zero attached hydrogens (tertiary/aromatic N) is 5. The minimum atomic E-state index is 0.546. The molecule has 6 nitrogen and oxygen atoms in total. The molecule has 2 aromatic rings. The Morgan fingerprint density at radius 1 is 1.42 bits per heavy atom. The van der Waals surface area contributed by atoms with Gasteiger partial charge in [-0.1, -0.05) is 6.92 Å². The first-order valence-corrected chi connectivity index (χ1v) is 6.94. The summed E-state index contributed by atoms with van der Waals surface area (Å²) in [6.07, 6.45) is 6.17. The van der Waals surface area contributed by atoms with Crippen LogP contribution in [0.5, 0.6) is 0 Å². The fraction of sp³-hybridized carbons (Fsp3) is 0.615. The molecule has 19 heavy (non-hydrogen) atoms. The van der Waals surface area contributed by atoms with Crippen molar-refractivity contribution in [2.24, 2.45) is 0 Å². The Bertz CT molecular complexity index is 561. The molecule has 1 atom stereocenters. The fourth-order valence-corrected chi connectivity index (χ4v) is 2.78. The van der Waals surface area contributed by atoms with Crippen LogP contribution in [0.15, 0.2) is 12.4 Å². The average molecular weight is 260 g/mol. The highest BCUT2D eigenvalue weighted by Gasteiger charge is 2.22. The molecule has 0 saturated carbocycles. The molecule has 0 radical (unpaired) electrons. The van der Waals surface area contributed by atoms with E-state index in [9.17, 15) is 0 Å². The molecule has 0 bridgehead atoms. The summed E-state index contributed by atoms with van der Waals surface area (Å²) in [7, 11) is 0. The third kappa shape index (κ3) is 2.28. The van der Waals surface area contributed by atoms with Crippen LogP contribution in [0.3, 0.4) is 0 Å². The number of piperidine rings is 1. The Kier molecular flexibility index (Phi) is 3.33. The smallest absolute Gasteiger partial charge is 0.203 e. The molecule has 3 heterocycles. The normalized spacial score (nSPS) is 20.1. The van der Waals surface area contributed by atoms with Crippen molar-refractivity contribution < 1.29 is 0 Å². The van der Waals surface area contributed by atoms with Gasteiger partial charge in [-0.2, -0.15) is 0 Å². The van der Waals surface area contributed by atoms with Crippen molar-refractivity contribution in [3.8, 4) is 0 Å². The minimum Gasteiger partial charge on any atom is -0.352 e. The predicted molar refractivity (Wildman–Crippen MR) is 74.4 cm³/mol. The lowest BCUT2D eigenvalue weighted by Crippen LogP contribution is -2.46. The number of likely N-dealkylation sites (N-methyl/N-ethyl adjacent to an activating group) is 1. The Morgan fingerprint density at radius 2 is 2.32 bits per heavy atom. The van der Waals surface area contributed by atoms with E-state index in [2.05, 4.69) is 32.3 Å². The summed E-state index contributed by atoms with van der Waals surface area (Å²) in [5, 5.41) is 11.9. The summed E-state index contributed by atoms with van der Waals surface area (Å²) in [5.74, 6) is 1.85. The van der Waals surface area contributed by atoms with Crippen LogP contribution < -0.4 is 10.2 Å². The lowest BCUT2D eigenvalue weighted by Gasteiger charge is -2.33. The number of hydrogen-bond donors (Lipinski definition) is 1. The molecule has 1 fully saturated rings. The van der Waals surface area contributed by atoms with Gasteiger partial charge in [0, 0.05) is 31.5 Å². The number of hydrogen-bond acceptors (Lipinski definition) is 5. The van der Waals surface area contributed by atoms with Crippen molar-refractivity contribution in [3.63, 3.8) is 0 Å². The van der Waals surface area contributed by atoms with Crippen LogP contribution in [-0.2, 0) is 0 Å². The first-order valence-electron chi connectivity index (χ1n) is 6.94. The molecule has 102 valence electrons. The molecule has 1 aliphatic heterocycles. The number of aryl methyl sites for hydroxylation is 1. The van der Waals surface area contributed by atoms with Crippen molar-refractivity contribution in [1.82, 2.24) is 24.9 Å². The first kappa shape index (κ1) is 12.3. The van der Waals surface area contributed by atoms with Crippen LogP contribution in [0.25, 0.3) is 5.65 Å². The second-order valence-electron chi connectivity index (χ2n) is 5.03. The molecule has 0 amide bonds. The van der Waals surface area contributed by atoms with Gasteiger partial charge in [-0.25, -0.2) is 4.98 Å². The summed E-state index contributed by atoms with van der Waals surface area (Å²) >= 11 is 0. The van der Waals surface area contributed by atoms with Crippen LogP contribution in [0.2, 0.25) is 0 Å². The second-order valence-corrected chi connectivity index (χ2v) is 5.03. The highest BCUT2D eigenvalue weighted by molar-refractivity contribution is 5.64.